The first-order valence-electron chi connectivity index (χ1n) is 10.6. The second-order valence-corrected chi connectivity index (χ2v) is 8.21. The van der Waals surface area contributed by atoms with Crippen molar-refractivity contribution in [3.8, 4) is 11.6 Å². The molecule has 36 heavy (non-hydrogen) atoms. The Morgan fingerprint density at radius 3 is 2.53 bits per heavy atom. The first-order chi connectivity index (χ1) is 16.8. The number of alkyl halides is 6. The molecule has 1 amide bonds. The number of halogens is 6. The van der Waals surface area contributed by atoms with Crippen LogP contribution < -0.4 is 5.73 Å². The van der Waals surface area contributed by atoms with E-state index in [9.17, 15) is 36.2 Å². The monoisotopic (exact) mass is 519 g/mol. The summed E-state index contributed by atoms with van der Waals surface area (Å²) in [6.07, 6.45) is -9.62. The fraction of sp³-hybridized carbons (Fsp3) is 0.450. The Bertz CT molecular complexity index is 1240. The van der Waals surface area contributed by atoms with Crippen LogP contribution in [0.3, 0.4) is 0 Å². The highest BCUT2D eigenvalue weighted by Gasteiger charge is 2.58. The number of pyridine rings is 1. The lowest BCUT2D eigenvalue weighted by atomic mass is 9.95. The molecule has 3 aromatic heterocycles. The van der Waals surface area contributed by atoms with E-state index in [-0.39, 0.29) is 32.4 Å². The van der Waals surface area contributed by atoms with E-state index in [1.54, 1.807) is 0 Å². The number of amides is 1. The van der Waals surface area contributed by atoms with Gasteiger partial charge in [-0.25, -0.2) is 4.98 Å². The van der Waals surface area contributed by atoms with E-state index < -0.39 is 64.7 Å². The Kier molecular flexibility index (Phi) is 6.40. The summed E-state index contributed by atoms with van der Waals surface area (Å²) in [5, 5.41) is 23.5. The van der Waals surface area contributed by atoms with E-state index in [4.69, 9.17) is 10.2 Å². The quantitative estimate of drug-likeness (QED) is 0.437. The van der Waals surface area contributed by atoms with Crippen molar-refractivity contribution >= 4 is 11.6 Å². The van der Waals surface area contributed by atoms with Crippen molar-refractivity contribution in [1.82, 2.24) is 30.3 Å². The molecule has 4 bridgehead atoms. The molecule has 0 unspecified atom stereocenters. The topological polar surface area (TPSA) is 147 Å². The largest absolute Gasteiger partial charge is 0.426 e. The summed E-state index contributed by atoms with van der Waals surface area (Å²) in [6, 6.07) is 1.93. The highest BCUT2D eigenvalue weighted by atomic mass is 19.4. The summed E-state index contributed by atoms with van der Waals surface area (Å²) in [6.45, 7) is -0.284. The zero-order valence-corrected chi connectivity index (χ0v) is 18.3. The van der Waals surface area contributed by atoms with Crippen molar-refractivity contribution in [2.24, 2.45) is 0 Å². The number of hydrogen-bond donors (Lipinski definition) is 3. The normalized spacial score (nSPS) is 19.9. The Morgan fingerprint density at radius 2 is 1.89 bits per heavy atom. The fourth-order valence-corrected chi connectivity index (χ4v) is 3.78. The first kappa shape index (κ1) is 25.4. The van der Waals surface area contributed by atoms with Crippen molar-refractivity contribution in [1.29, 1.82) is 0 Å². The van der Waals surface area contributed by atoms with Crippen molar-refractivity contribution in [2.45, 2.75) is 50.2 Å². The summed E-state index contributed by atoms with van der Waals surface area (Å²) in [7, 11) is 0. The molecule has 0 saturated carbocycles. The number of carbonyl (C=O) groups excluding carboxylic acids is 1. The minimum absolute atomic E-state index is 0.0959. The molecule has 4 N–H and O–H groups in total. The van der Waals surface area contributed by atoms with Crippen LogP contribution in [0.4, 0.5) is 32.0 Å². The summed E-state index contributed by atoms with van der Waals surface area (Å²) in [4.78, 5) is 18.1. The number of fused-ring (bicyclic) bond motifs is 5. The molecule has 1 aliphatic heterocycles. The highest BCUT2D eigenvalue weighted by molar-refractivity contribution is 5.95. The molecule has 1 aliphatic rings. The van der Waals surface area contributed by atoms with Crippen LogP contribution in [0.2, 0.25) is 0 Å². The summed E-state index contributed by atoms with van der Waals surface area (Å²) in [5.74, 6) is -3.09. The minimum atomic E-state index is -5.19. The number of aliphatic hydroxyl groups is 1. The number of nitrogens with zero attached hydrogens (tertiary/aromatic N) is 5. The van der Waals surface area contributed by atoms with E-state index in [1.807, 2.05) is 0 Å². The van der Waals surface area contributed by atoms with Gasteiger partial charge >= 0.3 is 12.4 Å². The van der Waals surface area contributed by atoms with Gasteiger partial charge in [0.05, 0.1) is 23.5 Å². The molecule has 194 valence electrons. The van der Waals surface area contributed by atoms with Crippen LogP contribution in [0.1, 0.15) is 53.3 Å². The number of aromatic amines is 1. The Labute approximate surface area is 198 Å². The summed E-state index contributed by atoms with van der Waals surface area (Å²) >= 11 is 0. The zero-order valence-electron chi connectivity index (χ0n) is 18.3. The second kappa shape index (κ2) is 9.07. The van der Waals surface area contributed by atoms with E-state index >= 15 is 0 Å². The Balaban J connectivity index is 1.88. The molecule has 0 saturated heterocycles. The molecule has 3 aromatic rings. The van der Waals surface area contributed by atoms with Crippen molar-refractivity contribution in [3.05, 3.63) is 41.2 Å². The van der Waals surface area contributed by atoms with Gasteiger partial charge in [-0.1, -0.05) is 6.42 Å². The number of nitrogens with one attached hydrogen (secondary N) is 1. The molecule has 16 heteroatoms. The molecule has 0 radical (unpaired) electrons. The molecule has 0 aliphatic carbocycles. The number of nitrogens with two attached hydrogens (primary N) is 1. The van der Waals surface area contributed by atoms with Gasteiger partial charge in [-0.3, -0.25) is 9.89 Å². The van der Waals surface area contributed by atoms with Gasteiger partial charge in [0.15, 0.2) is 5.69 Å². The van der Waals surface area contributed by atoms with E-state index in [0.717, 1.165) is 4.90 Å². The van der Waals surface area contributed by atoms with Gasteiger partial charge in [0.2, 0.25) is 5.60 Å². The van der Waals surface area contributed by atoms with Gasteiger partial charge in [0, 0.05) is 12.7 Å². The zero-order chi connectivity index (χ0) is 26.3. The molecule has 4 rings (SSSR count). The van der Waals surface area contributed by atoms with E-state index in [2.05, 4.69) is 25.4 Å². The predicted molar refractivity (Wildman–Crippen MR) is 109 cm³/mol. The number of rotatable bonds is 2. The molecule has 10 nitrogen and oxygen atoms in total. The second-order valence-electron chi connectivity index (χ2n) is 8.21. The van der Waals surface area contributed by atoms with Gasteiger partial charge in [-0.15, -0.1) is 10.2 Å². The van der Waals surface area contributed by atoms with Gasteiger partial charge in [0.25, 0.3) is 17.7 Å². The van der Waals surface area contributed by atoms with Crippen LogP contribution in [0.5, 0.6) is 0 Å². The van der Waals surface area contributed by atoms with Crippen LogP contribution in [0, 0.1) is 0 Å². The van der Waals surface area contributed by atoms with Gasteiger partial charge in [-0.05, 0) is 31.4 Å². The molecular formula is C20H19F6N7O3. The molecule has 0 fully saturated rings. The predicted octanol–water partition coefficient (Wildman–Crippen LogP) is 3.42. The average Bonchev–Trinajstić information content (AvgIpc) is 3.48. The van der Waals surface area contributed by atoms with Crippen molar-refractivity contribution in [2.75, 3.05) is 12.3 Å². The van der Waals surface area contributed by atoms with Crippen LogP contribution in [0.25, 0.3) is 11.6 Å². The molecule has 4 heterocycles. The fourth-order valence-electron chi connectivity index (χ4n) is 3.78. The number of nitrogen functional groups attached to an aromatic ring is 1. The maximum atomic E-state index is 13.8. The van der Waals surface area contributed by atoms with Crippen LogP contribution in [-0.4, -0.2) is 54.0 Å². The lowest BCUT2D eigenvalue weighted by Gasteiger charge is -2.27. The smallest absolute Gasteiger partial charge is 0.416 e. The van der Waals surface area contributed by atoms with Gasteiger partial charge < -0.3 is 20.2 Å². The van der Waals surface area contributed by atoms with Crippen molar-refractivity contribution < 1.29 is 40.7 Å². The van der Waals surface area contributed by atoms with Gasteiger partial charge in [-0.2, -0.15) is 31.4 Å². The number of anilines is 1. The average molecular weight is 519 g/mol. The van der Waals surface area contributed by atoms with Crippen molar-refractivity contribution in [3.63, 3.8) is 0 Å². The van der Waals surface area contributed by atoms with Crippen LogP contribution in [-0.2, 0) is 18.3 Å². The SMILES string of the molecule is Nc1cc(C(F)(F)F)c2nc1-c1nnc(o1)[C@@](O)(C(F)(F)F)CCCCCN(Cc1ccn[nH]1)C2=O. The standard InChI is InChI=1S/C20H19F6N7O3/c21-19(22,23)11-8-12(27)14-15-31-32-17(36-15)18(35,20(24,25)26)5-2-1-3-7-33(16(34)13(11)29-14)9-10-4-6-28-30-10/h4,6,8,35H,1-3,5,7,9,27H2,(H,28,30)/t18-/m1/s1. The number of carbonyl (C=O) groups is 1. The maximum Gasteiger partial charge on any atom is 0.426 e. The minimum Gasteiger partial charge on any atom is -0.416 e. The third kappa shape index (κ3) is 4.72. The maximum absolute atomic E-state index is 13.8. The number of H-pyrrole nitrogens is 1. The third-order valence-electron chi connectivity index (χ3n) is 5.68. The number of hydrogen-bond acceptors (Lipinski definition) is 8. The Morgan fingerprint density at radius 1 is 1.14 bits per heavy atom. The molecular weight excluding hydrogens is 500 g/mol. The highest BCUT2D eigenvalue weighted by Crippen LogP contribution is 2.43. The Hall–Kier alpha value is -3.69. The molecule has 0 aromatic carbocycles. The van der Waals surface area contributed by atoms with Crippen LogP contribution >= 0.6 is 0 Å². The molecule has 0 spiro atoms. The van der Waals surface area contributed by atoms with Gasteiger partial charge in [0.1, 0.15) is 5.69 Å². The van der Waals surface area contributed by atoms with Crippen LogP contribution in [0.15, 0.2) is 22.7 Å². The third-order valence-corrected chi connectivity index (χ3v) is 5.68. The summed E-state index contributed by atoms with van der Waals surface area (Å²) in [5.41, 5.74) is -1.19. The first-order valence-corrected chi connectivity index (χ1v) is 10.6. The summed E-state index contributed by atoms with van der Waals surface area (Å²) < 4.78 is 87.8. The van der Waals surface area contributed by atoms with E-state index in [0.29, 0.717) is 11.8 Å². The lowest BCUT2D eigenvalue weighted by Crippen LogP contribution is -2.42. The lowest BCUT2D eigenvalue weighted by molar-refractivity contribution is -0.277. The van der Waals surface area contributed by atoms with E-state index in [1.165, 1.54) is 12.3 Å². The number of aromatic nitrogens is 5. The molecule has 1 atom stereocenters.